The van der Waals surface area contributed by atoms with Crippen LogP contribution >= 0.6 is 0 Å². The molecule has 1 amide bonds. The Morgan fingerprint density at radius 3 is 2.52 bits per heavy atom. The number of anilines is 2. The van der Waals surface area contributed by atoms with Gasteiger partial charge in [-0.05, 0) is 24.3 Å². The second-order valence-electron chi connectivity index (χ2n) is 5.30. The second-order valence-corrected chi connectivity index (χ2v) is 5.30. The maximum absolute atomic E-state index is 12.9. The Hall–Kier alpha value is -2.90. The number of alkyl halides is 3. The van der Waals surface area contributed by atoms with Crippen molar-refractivity contribution in [3.63, 3.8) is 0 Å². The molecule has 5 nitrogen and oxygen atoms in total. The van der Waals surface area contributed by atoms with E-state index >= 15 is 0 Å². The molecule has 0 bridgehead atoms. The molecule has 2 aromatic carbocycles. The largest absolute Gasteiger partial charge is 0.486 e. The summed E-state index contributed by atoms with van der Waals surface area (Å²) in [7, 11) is 0. The monoisotopic (exact) mass is 352 g/mol. The van der Waals surface area contributed by atoms with Crippen LogP contribution in [0.1, 0.15) is 5.56 Å². The highest BCUT2D eigenvalue weighted by molar-refractivity contribution is 5.94. The van der Waals surface area contributed by atoms with Gasteiger partial charge in [-0.15, -0.1) is 0 Å². The molecule has 2 N–H and O–H groups in total. The lowest BCUT2D eigenvalue weighted by atomic mass is 10.1. The molecule has 1 heterocycles. The van der Waals surface area contributed by atoms with Gasteiger partial charge in [-0.2, -0.15) is 13.2 Å². The lowest BCUT2D eigenvalue weighted by Crippen LogP contribution is -2.23. The first-order chi connectivity index (χ1) is 11.9. The molecule has 132 valence electrons. The van der Waals surface area contributed by atoms with Crippen LogP contribution in [0.15, 0.2) is 42.5 Å². The third-order valence-electron chi connectivity index (χ3n) is 3.50. The van der Waals surface area contributed by atoms with Crippen LogP contribution in [0.2, 0.25) is 0 Å². The number of ether oxygens (including phenoxy) is 2. The topological polar surface area (TPSA) is 59.6 Å². The summed E-state index contributed by atoms with van der Waals surface area (Å²) in [6.07, 6.45) is -4.49. The molecule has 0 aromatic heterocycles. The first-order valence-electron chi connectivity index (χ1n) is 7.53. The molecule has 0 saturated carbocycles. The number of benzene rings is 2. The smallest absolute Gasteiger partial charge is 0.418 e. The minimum absolute atomic E-state index is 0.146. The summed E-state index contributed by atoms with van der Waals surface area (Å²) < 4.78 is 49.5. The highest BCUT2D eigenvalue weighted by Gasteiger charge is 2.33. The number of carbonyl (C=O) groups is 1. The summed E-state index contributed by atoms with van der Waals surface area (Å²) in [5.74, 6) is 0.620. The van der Waals surface area contributed by atoms with Gasteiger partial charge in [0.15, 0.2) is 11.5 Å². The SMILES string of the molecule is O=C(CNc1ccccc1C(F)(F)F)Nc1ccc2c(c1)OCCO2. The van der Waals surface area contributed by atoms with E-state index in [0.717, 1.165) is 6.07 Å². The Morgan fingerprint density at radius 1 is 1.04 bits per heavy atom. The van der Waals surface area contributed by atoms with Crippen molar-refractivity contribution >= 4 is 17.3 Å². The van der Waals surface area contributed by atoms with E-state index in [-0.39, 0.29) is 12.2 Å². The Bertz CT molecular complexity index is 778. The number of halogens is 3. The molecule has 0 atom stereocenters. The van der Waals surface area contributed by atoms with Crippen LogP contribution in [0.25, 0.3) is 0 Å². The molecule has 0 unspecified atom stereocenters. The van der Waals surface area contributed by atoms with Gasteiger partial charge in [0.1, 0.15) is 13.2 Å². The molecule has 0 aliphatic carbocycles. The van der Waals surface area contributed by atoms with Gasteiger partial charge in [0.05, 0.1) is 12.1 Å². The zero-order chi connectivity index (χ0) is 17.9. The van der Waals surface area contributed by atoms with E-state index in [9.17, 15) is 18.0 Å². The van der Waals surface area contributed by atoms with Crippen LogP contribution < -0.4 is 20.1 Å². The fourth-order valence-corrected chi connectivity index (χ4v) is 2.39. The third-order valence-corrected chi connectivity index (χ3v) is 3.50. The number of fused-ring (bicyclic) bond motifs is 1. The van der Waals surface area contributed by atoms with Gasteiger partial charge in [0.2, 0.25) is 5.91 Å². The molecule has 0 fully saturated rings. The van der Waals surface area contributed by atoms with Crippen molar-refractivity contribution in [1.29, 1.82) is 0 Å². The van der Waals surface area contributed by atoms with Crippen LogP contribution in [0, 0.1) is 0 Å². The summed E-state index contributed by atoms with van der Waals surface area (Å²) in [6, 6.07) is 9.91. The maximum Gasteiger partial charge on any atom is 0.418 e. The minimum Gasteiger partial charge on any atom is -0.486 e. The number of amides is 1. The van der Waals surface area contributed by atoms with Gasteiger partial charge in [0, 0.05) is 17.4 Å². The number of hydrogen-bond acceptors (Lipinski definition) is 4. The highest BCUT2D eigenvalue weighted by Crippen LogP contribution is 2.35. The third kappa shape index (κ3) is 4.14. The Balaban J connectivity index is 1.62. The number of hydrogen-bond donors (Lipinski definition) is 2. The standard InChI is InChI=1S/C17H15F3N2O3/c18-17(19,20)12-3-1-2-4-13(12)21-10-16(23)22-11-5-6-14-15(9-11)25-8-7-24-14/h1-6,9,21H,7-8,10H2,(H,22,23). The molecular weight excluding hydrogens is 337 g/mol. The zero-order valence-corrected chi connectivity index (χ0v) is 13.0. The summed E-state index contributed by atoms with van der Waals surface area (Å²) in [6.45, 7) is 0.572. The number of nitrogens with one attached hydrogen (secondary N) is 2. The average molecular weight is 352 g/mol. The van der Waals surface area contributed by atoms with E-state index in [2.05, 4.69) is 10.6 Å². The van der Waals surface area contributed by atoms with Crippen LogP contribution in [0.4, 0.5) is 24.5 Å². The predicted octanol–water partition coefficient (Wildman–Crippen LogP) is 3.53. The molecule has 1 aliphatic heterocycles. The molecule has 0 radical (unpaired) electrons. The van der Waals surface area contributed by atoms with Crippen molar-refractivity contribution < 1.29 is 27.4 Å². The highest BCUT2D eigenvalue weighted by atomic mass is 19.4. The lowest BCUT2D eigenvalue weighted by Gasteiger charge is -2.19. The van der Waals surface area contributed by atoms with E-state index in [4.69, 9.17) is 9.47 Å². The fourth-order valence-electron chi connectivity index (χ4n) is 2.39. The van der Waals surface area contributed by atoms with Crippen LogP contribution in [0.3, 0.4) is 0 Å². The van der Waals surface area contributed by atoms with Crippen molar-refractivity contribution in [3.8, 4) is 11.5 Å². The van der Waals surface area contributed by atoms with Crippen LogP contribution in [-0.2, 0) is 11.0 Å². The summed E-state index contributed by atoms with van der Waals surface area (Å²) in [5.41, 5.74) is -0.491. The molecule has 8 heteroatoms. The van der Waals surface area contributed by atoms with Crippen molar-refractivity contribution in [1.82, 2.24) is 0 Å². The fraction of sp³-hybridized carbons (Fsp3) is 0.235. The molecule has 25 heavy (non-hydrogen) atoms. The molecule has 1 aliphatic rings. The van der Waals surface area contributed by atoms with Crippen molar-refractivity contribution in [3.05, 3.63) is 48.0 Å². The maximum atomic E-state index is 12.9. The normalized spacial score (nSPS) is 13.2. The van der Waals surface area contributed by atoms with Crippen molar-refractivity contribution in [2.45, 2.75) is 6.18 Å². The average Bonchev–Trinajstić information content (AvgIpc) is 2.59. The first kappa shape index (κ1) is 16.9. The van der Waals surface area contributed by atoms with Gasteiger partial charge in [-0.1, -0.05) is 12.1 Å². The van der Waals surface area contributed by atoms with Crippen LogP contribution in [0.5, 0.6) is 11.5 Å². The van der Waals surface area contributed by atoms with Crippen molar-refractivity contribution in [2.24, 2.45) is 0 Å². The summed E-state index contributed by atoms with van der Waals surface area (Å²) in [4.78, 5) is 12.0. The number of rotatable bonds is 4. The summed E-state index contributed by atoms with van der Waals surface area (Å²) in [5, 5.41) is 5.12. The van der Waals surface area contributed by atoms with Gasteiger partial charge >= 0.3 is 6.18 Å². The molecule has 0 saturated heterocycles. The van der Waals surface area contributed by atoms with Gasteiger partial charge in [-0.25, -0.2) is 0 Å². The Kier molecular flexibility index (Phi) is 4.69. The van der Waals surface area contributed by atoms with E-state index < -0.39 is 17.6 Å². The van der Waals surface area contributed by atoms with Gasteiger partial charge < -0.3 is 20.1 Å². The molecular formula is C17H15F3N2O3. The Labute approximate surface area is 141 Å². The van der Waals surface area contributed by atoms with E-state index in [1.54, 1.807) is 18.2 Å². The zero-order valence-electron chi connectivity index (χ0n) is 13.0. The second kappa shape index (κ2) is 6.92. The van der Waals surface area contributed by atoms with E-state index in [1.807, 2.05) is 0 Å². The van der Waals surface area contributed by atoms with Crippen molar-refractivity contribution in [2.75, 3.05) is 30.4 Å². The molecule has 3 rings (SSSR count). The van der Waals surface area contributed by atoms with Gasteiger partial charge in [-0.3, -0.25) is 4.79 Å². The predicted molar refractivity (Wildman–Crippen MR) is 86.0 cm³/mol. The minimum atomic E-state index is -4.49. The van der Waals surface area contributed by atoms with E-state index in [1.165, 1.54) is 18.2 Å². The number of para-hydroxylation sites is 1. The van der Waals surface area contributed by atoms with E-state index in [0.29, 0.717) is 30.4 Å². The molecule has 0 spiro atoms. The quantitative estimate of drug-likeness (QED) is 0.884. The van der Waals surface area contributed by atoms with Gasteiger partial charge in [0.25, 0.3) is 0 Å². The Morgan fingerprint density at radius 2 is 1.76 bits per heavy atom. The lowest BCUT2D eigenvalue weighted by molar-refractivity contribution is -0.137. The summed E-state index contributed by atoms with van der Waals surface area (Å²) >= 11 is 0. The first-order valence-corrected chi connectivity index (χ1v) is 7.53. The number of carbonyl (C=O) groups excluding carboxylic acids is 1. The van der Waals surface area contributed by atoms with Crippen LogP contribution in [-0.4, -0.2) is 25.7 Å². The molecule has 2 aromatic rings.